The van der Waals surface area contributed by atoms with E-state index in [-0.39, 0.29) is 23.7 Å². The number of rotatable bonds is 9. The first-order valence-corrected chi connectivity index (χ1v) is 15.4. The molecule has 2 atom stereocenters. The fourth-order valence-corrected chi connectivity index (χ4v) is 6.42. The van der Waals surface area contributed by atoms with E-state index in [1.165, 1.54) is 25.0 Å². The quantitative estimate of drug-likeness (QED) is 0.256. The van der Waals surface area contributed by atoms with Gasteiger partial charge in [0.05, 0.1) is 6.04 Å². The number of aromatic nitrogens is 1. The van der Waals surface area contributed by atoms with Crippen molar-refractivity contribution in [2.45, 2.75) is 51.1 Å². The van der Waals surface area contributed by atoms with Gasteiger partial charge in [0.25, 0.3) is 0 Å². The lowest BCUT2D eigenvalue weighted by atomic mass is 9.94. The number of halogens is 2. The molecule has 1 aliphatic carbocycles. The van der Waals surface area contributed by atoms with Crippen LogP contribution in [-0.4, -0.2) is 64.9 Å². The summed E-state index contributed by atoms with van der Waals surface area (Å²) < 4.78 is 21.5. The summed E-state index contributed by atoms with van der Waals surface area (Å²) in [4.78, 5) is 22.1. The molecule has 1 saturated heterocycles. The standard InChI is InChI=1S/C34H37ClFN5O2/c1-3-22-18-29(37)32-31(23-9-13-27(14-10-23)43-28-7-4-6-24(36)19-28)33(35)41(34(32)38-20-22)26-15-17-40(21-26)30(42)8-5-16-39(2)25-11-12-25/h4-10,13-14,19-20,22,25-26,37H,3,11-12,15-18,21H2,1-2H3. The second-order valence-corrected chi connectivity index (χ2v) is 12.1. The molecule has 1 aromatic heterocycles. The summed E-state index contributed by atoms with van der Waals surface area (Å²) in [5, 5.41) is 9.60. The van der Waals surface area contributed by atoms with Crippen molar-refractivity contribution in [2.24, 2.45) is 10.9 Å². The summed E-state index contributed by atoms with van der Waals surface area (Å²) in [5.74, 6) is 1.48. The van der Waals surface area contributed by atoms with Gasteiger partial charge in [-0.15, -0.1) is 0 Å². The third kappa shape index (κ3) is 6.31. The number of hydrogen-bond donors (Lipinski definition) is 1. The molecule has 6 rings (SSSR count). The SMILES string of the molecule is CCC1C=Nc2c(c(-c3ccc(Oc4cccc(F)c4)cc3)c(Cl)n2C2CCN(C(=O)C=CCN(C)C3CC3)C2)C(=N)C1. The molecule has 3 aromatic rings. The maximum absolute atomic E-state index is 13.6. The number of carbonyl (C=O) groups excluding carboxylic acids is 1. The largest absolute Gasteiger partial charge is 0.457 e. The maximum atomic E-state index is 13.6. The van der Waals surface area contributed by atoms with E-state index in [1.54, 1.807) is 18.2 Å². The highest BCUT2D eigenvalue weighted by molar-refractivity contribution is 6.34. The molecule has 3 aliphatic rings. The Morgan fingerprint density at radius 1 is 1.16 bits per heavy atom. The average Bonchev–Trinajstić information content (AvgIpc) is 3.70. The Labute approximate surface area is 257 Å². The first kappa shape index (κ1) is 29.3. The molecule has 43 heavy (non-hydrogen) atoms. The normalized spacial score (nSPS) is 20.2. The van der Waals surface area contributed by atoms with Crippen molar-refractivity contribution < 1.29 is 13.9 Å². The number of benzene rings is 2. The van der Waals surface area contributed by atoms with Crippen molar-refractivity contribution in [1.82, 2.24) is 14.4 Å². The molecular weight excluding hydrogens is 565 g/mol. The predicted molar refractivity (Wildman–Crippen MR) is 170 cm³/mol. The minimum atomic E-state index is -0.362. The Balaban J connectivity index is 1.28. The van der Waals surface area contributed by atoms with Crippen LogP contribution in [0.4, 0.5) is 10.2 Å². The summed E-state index contributed by atoms with van der Waals surface area (Å²) in [6, 6.07) is 14.1. The molecule has 2 aromatic carbocycles. The van der Waals surface area contributed by atoms with E-state index >= 15 is 0 Å². The van der Waals surface area contributed by atoms with Gasteiger partial charge in [-0.05, 0) is 74.9 Å². The van der Waals surface area contributed by atoms with Crippen LogP contribution in [0.2, 0.25) is 5.15 Å². The number of nitrogens with zero attached hydrogens (tertiary/aromatic N) is 4. The summed E-state index contributed by atoms with van der Waals surface area (Å²) in [6.07, 6.45) is 10.3. The summed E-state index contributed by atoms with van der Waals surface area (Å²) in [6.45, 7) is 4.04. The van der Waals surface area contributed by atoms with Gasteiger partial charge in [-0.3, -0.25) is 9.69 Å². The van der Waals surface area contributed by atoms with E-state index in [9.17, 15) is 9.18 Å². The van der Waals surface area contributed by atoms with Crippen LogP contribution in [0.25, 0.3) is 11.1 Å². The number of amides is 1. The summed E-state index contributed by atoms with van der Waals surface area (Å²) in [7, 11) is 2.10. The van der Waals surface area contributed by atoms with Crippen LogP contribution in [0, 0.1) is 17.1 Å². The van der Waals surface area contributed by atoms with Crippen molar-refractivity contribution in [2.75, 3.05) is 26.7 Å². The third-order valence-electron chi connectivity index (χ3n) is 8.66. The van der Waals surface area contributed by atoms with Gasteiger partial charge >= 0.3 is 0 Å². The minimum Gasteiger partial charge on any atom is -0.457 e. The van der Waals surface area contributed by atoms with Crippen molar-refractivity contribution >= 4 is 35.3 Å². The lowest BCUT2D eigenvalue weighted by molar-refractivity contribution is -0.125. The van der Waals surface area contributed by atoms with Crippen LogP contribution in [0.15, 0.2) is 65.7 Å². The number of aliphatic imine (C=N–C) groups is 1. The monoisotopic (exact) mass is 601 g/mol. The minimum absolute atomic E-state index is 0.0115. The van der Waals surface area contributed by atoms with E-state index in [0.29, 0.717) is 53.7 Å². The Morgan fingerprint density at radius 2 is 1.95 bits per heavy atom. The highest BCUT2D eigenvalue weighted by Crippen LogP contribution is 2.46. The molecule has 2 aliphatic heterocycles. The maximum Gasteiger partial charge on any atom is 0.246 e. The fraction of sp³-hybridized carbons (Fsp3) is 0.382. The molecular formula is C34H37ClFN5O2. The molecule has 7 nitrogen and oxygen atoms in total. The molecule has 0 spiro atoms. The number of fused-ring (bicyclic) bond motifs is 1. The zero-order valence-corrected chi connectivity index (χ0v) is 25.4. The summed E-state index contributed by atoms with van der Waals surface area (Å²) in [5.41, 5.74) is 2.85. The highest BCUT2D eigenvalue weighted by atomic mass is 35.5. The van der Waals surface area contributed by atoms with Gasteiger partial charge in [0, 0.05) is 60.9 Å². The Bertz CT molecular complexity index is 1580. The molecule has 1 N–H and O–H groups in total. The molecule has 1 saturated carbocycles. The van der Waals surface area contributed by atoms with Crippen LogP contribution < -0.4 is 4.74 Å². The second kappa shape index (κ2) is 12.5. The van der Waals surface area contributed by atoms with E-state index in [2.05, 4.69) is 18.9 Å². The van der Waals surface area contributed by atoms with Crippen LogP contribution in [-0.2, 0) is 4.79 Å². The first-order valence-electron chi connectivity index (χ1n) is 15.1. The number of carbonyl (C=O) groups is 1. The number of nitrogens with one attached hydrogen (secondary N) is 1. The molecule has 224 valence electrons. The molecule has 2 unspecified atom stereocenters. The van der Waals surface area contributed by atoms with Gasteiger partial charge in [-0.1, -0.05) is 42.8 Å². The van der Waals surface area contributed by atoms with Gasteiger partial charge < -0.3 is 19.6 Å². The average molecular weight is 602 g/mol. The summed E-state index contributed by atoms with van der Waals surface area (Å²) >= 11 is 7.19. The fourth-order valence-electron chi connectivity index (χ4n) is 6.00. The predicted octanol–water partition coefficient (Wildman–Crippen LogP) is 7.66. The van der Waals surface area contributed by atoms with Crippen LogP contribution in [0.3, 0.4) is 0 Å². The third-order valence-corrected chi connectivity index (χ3v) is 9.03. The lowest BCUT2D eigenvalue weighted by Crippen LogP contribution is -2.28. The first-order chi connectivity index (χ1) is 20.8. The zero-order valence-electron chi connectivity index (χ0n) is 24.6. The van der Waals surface area contributed by atoms with Crippen LogP contribution in [0.5, 0.6) is 11.5 Å². The van der Waals surface area contributed by atoms with Crippen LogP contribution >= 0.6 is 11.6 Å². The smallest absolute Gasteiger partial charge is 0.246 e. The number of likely N-dealkylation sites (tertiary alicyclic amines) is 1. The second-order valence-electron chi connectivity index (χ2n) is 11.7. The molecule has 2 fully saturated rings. The number of hydrogen-bond acceptors (Lipinski definition) is 5. The van der Waals surface area contributed by atoms with Crippen LogP contribution in [0.1, 0.15) is 50.6 Å². The topological polar surface area (TPSA) is 73.9 Å². The Kier molecular flexibility index (Phi) is 8.50. The molecule has 3 heterocycles. The molecule has 9 heteroatoms. The Morgan fingerprint density at radius 3 is 2.67 bits per heavy atom. The number of likely N-dealkylation sites (N-methyl/N-ethyl adjacent to an activating group) is 1. The Hall–Kier alpha value is -3.75. The van der Waals surface area contributed by atoms with Gasteiger partial charge in [0.15, 0.2) is 0 Å². The molecule has 1 amide bonds. The van der Waals surface area contributed by atoms with E-state index < -0.39 is 0 Å². The lowest BCUT2D eigenvalue weighted by Gasteiger charge is -2.18. The highest BCUT2D eigenvalue weighted by Gasteiger charge is 2.35. The molecule has 0 bridgehead atoms. The zero-order chi connectivity index (χ0) is 30.1. The van der Waals surface area contributed by atoms with E-state index in [4.69, 9.17) is 26.7 Å². The number of ether oxygens (including phenoxy) is 1. The van der Waals surface area contributed by atoms with Gasteiger partial charge in [-0.2, -0.15) is 0 Å². The van der Waals surface area contributed by atoms with Crippen molar-refractivity contribution in [3.63, 3.8) is 0 Å². The van der Waals surface area contributed by atoms with Gasteiger partial charge in [0.1, 0.15) is 28.3 Å². The van der Waals surface area contributed by atoms with Crippen molar-refractivity contribution in [3.8, 4) is 22.6 Å². The van der Waals surface area contributed by atoms with Gasteiger partial charge in [-0.25, -0.2) is 9.38 Å². The van der Waals surface area contributed by atoms with Gasteiger partial charge in [0.2, 0.25) is 5.91 Å². The van der Waals surface area contributed by atoms with E-state index in [1.807, 2.05) is 46.0 Å². The van der Waals surface area contributed by atoms with Crippen molar-refractivity contribution in [3.05, 3.63) is 77.2 Å². The molecule has 0 radical (unpaired) electrons. The van der Waals surface area contributed by atoms with E-state index in [0.717, 1.165) is 36.1 Å². The van der Waals surface area contributed by atoms with Crippen molar-refractivity contribution in [1.29, 1.82) is 5.41 Å².